The Labute approximate surface area is 104 Å². The maximum Gasteiger partial charge on any atom is 0.326 e. The number of thioether (sulfide) groups is 1. The average Bonchev–Trinajstić information content (AvgIpc) is 2.27. The van der Waals surface area contributed by atoms with Crippen LogP contribution in [0, 0.1) is 5.92 Å². The van der Waals surface area contributed by atoms with E-state index >= 15 is 0 Å². The van der Waals surface area contributed by atoms with Crippen molar-refractivity contribution in [1.29, 1.82) is 0 Å². The number of ether oxygens (including phenoxy) is 1. The van der Waals surface area contributed by atoms with Crippen LogP contribution < -0.4 is 5.32 Å². The van der Waals surface area contributed by atoms with Crippen LogP contribution in [0.3, 0.4) is 0 Å². The molecule has 0 spiro atoms. The zero-order chi connectivity index (χ0) is 12.6. The molecule has 0 amide bonds. The molecule has 0 aliphatic heterocycles. The van der Waals surface area contributed by atoms with Gasteiger partial charge in [-0.25, -0.2) is 0 Å². The molecule has 0 aromatic carbocycles. The minimum absolute atomic E-state index is 0.175. The standard InChI is InChI=1S/C12H25NO2S/c1-6-10(3)8-16-9-12(4,13-7-2)11(14)15-5/h10,13H,6-9H2,1-5H3. The first-order valence-electron chi connectivity index (χ1n) is 5.91. The van der Waals surface area contributed by atoms with Gasteiger partial charge in [-0.2, -0.15) is 11.8 Å². The fraction of sp³-hybridized carbons (Fsp3) is 0.917. The van der Waals surface area contributed by atoms with Crippen LogP contribution in [-0.4, -0.2) is 36.7 Å². The average molecular weight is 247 g/mol. The quantitative estimate of drug-likeness (QED) is 0.668. The Hall–Kier alpha value is -0.220. The second-order valence-electron chi connectivity index (χ2n) is 4.38. The summed E-state index contributed by atoms with van der Waals surface area (Å²) in [5.41, 5.74) is -0.554. The number of rotatable bonds is 8. The summed E-state index contributed by atoms with van der Waals surface area (Å²) >= 11 is 1.81. The number of nitrogens with one attached hydrogen (secondary N) is 1. The van der Waals surface area contributed by atoms with Crippen molar-refractivity contribution < 1.29 is 9.53 Å². The Morgan fingerprint density at radius 3 is 2.56 bits per heavy atom. The Morgan fingerprint density at radius 2 is 2.12 bits per heavy atom. The van der Waals surface area contributed by atoms with Gasteiger partial charge in [0.25, 0.3) is 0 Å². The minimum Gasteiger partial charge on any atom is -0.468 e. The maximum atomic E-state index is 11.7. The lowest BCUT2D eigenvalue weighted by Gasteiger charge is -2.27. The first-order chi connectivity index (χ1) is 7.50. The summed E-state index contributed by atoms with van der Waals surface area (Å²) in [7, 11) is 1.44. The van der Waals surface area contributed by atoms with Crippen LogP contribution in [0.25, 0.3) is 0 Å². The molecule has 0 bridgehead atoms. The summed E-state index contributed by atoms with van der Waals surface area (Å²) < 4.78 is 4.84. The largest absolute Gasteiger partial charge is 0.468 e. The predicted octanol–water partition coefficient (Wildman–Crippen LogP) is 2.31. The van der Waals surface area contributed by atoms with Gasteiger partial charge in [0.05, 0.1) is 7.11 Å². The van der Waals surface area contributed by atoms with Gasteiger partial charge in [-0.3, -0.25) is 4.79 Å². The molecule has 4 heteroatoms. The minimum atomic E-state index is -0.554. The number of carbonyl (C=O) groups is 1. The monoisotopic (exact) mass is 247 g/mol. The lowest BCUT2D eigenvalue weighted by Crippen LogP contribution is -2.52. The van der Waals surface area contributed by atoms with Gasteiger partial charge < -0.3 is 10.1 Å². The predicted molar refractivity (Wildman–Crippen MR) is 70.9 cm³/mol. The maximum absolute atomic E-state index is 11.7. The van der Waals surface area contributed by atoms with E-state index in [4.69, 9.17) is 4.74 Å². The summed E-state index contributed by atoms with van der Waals surface area (Å²) in [6.07, 6.45) is 1.18. The van der Waals surface area contributed by atoms with Crippen LogP contribution in [-0.2, 0) is 9.53 Å². The van der Waals surface area contributed by atoms with Gasteiger partial charge in [-0.05, 0) is 25.1 Å². The van der Waals surface area contributed by atoms with Crippen molar-refractivity contribution in [3.63, 3.8) is 0 Å². The molecule has 0 aromatic rings. The first kappa shape index (κ1) is 15.8. The van der Waals surface area contributed by atoms with E-state index in [-0.39, 0.29) is 5.97 Å². The molecule has 0 heterocycles. The Balaban J connectivity index is 4.17. The third kappa shape index (κ3) is 5.21. The van der Waals surface area contributed by atoms with E-state index in [9.17, 15) is 4.79 Å². The lowest BCUT2D eigenvalue weighted by molar-refractivity contribution is -0.146. The molecule has 2 unspecified atom stereocenters. The number of methoxy groups -OCH3 is 1. The smallest absolute Gasteiger partial charge is 0.326 e. The second-order valence-corrected chi connectivity index (χ2v) is 5.41. The summed E-state index contributed by atoms with van der Waals surface area (Å²) in [6, 6.07) is 0. The van der Waals surface area contributed by atoms with Crippen LogP contribution in [0.4, 0.5) is 0 Å². The molecule has 0 aromatic heterocycles. The van der Waals surface area contributed by atoms with Gasteiger partial charge in [0, 0.05) is 5.75 Å². The molecule has 3 nitrogen and oxygen atoms in total. The topological polar surface area (TPSA) is 38.3 Å². The van der Waals surface area contributed by atoms with Crippen molar-refractivity contribution in [3.05, 3.63) is 0 Å². The van der Waals surface area contributed by atoms with Gasteiger partial charge in [0.15, 0.2) is 0 Å². The van der Waals surface area contributed by atoms with Crippen LogP contribution >= 0.6 is 11.8 Å². The highest BCUT2D eigenvalue weighted by Gasteiger charge is 2.33. The molecule has 2 atom stereocenters. The Morgan fingerprint density at radius 1 is 1.50 bits per heavy atom. The second kappa shape index (κ2) is 7.96. The summed E-state index contributed by atoms with van der Waals surface area (Å²) in [5.74, 6) is 2.38. The van der Waals surface area contributed by atoms with Crippen LogP contribution in [0.5, 0.6) is 0 Å². The fourth-order valence-corrected chi connectivity index (χ4v) is 2.76. The van der Waals surface area contributed by atoms with Crippen molar-refractivity contribution in [2.75, 3.05) is 25.2 Å². The van der Waals surface area contributed by atoms with Crippen LogP contribution in [0.1, 0.15) is 34.1 Å². The van der Waals surface area contributed by atoms with Gasteiger partial charge in [0.1, 0.15) is 5.54 Å². The van der Waals surface area contributed by atoms with E-state index in [2.05, 4.69) is 19.2 Å². The molecular weight excluding hydrogens is 222 g/mol. The molecule has 16 heavy (non-hydrogen) atoms. The van der Waals surface area contributed by atoms with E-state index in [0.717, 1.165) is 18.1 Å². The van der Waals surface area contributed by atoms with Crippen molar-refractivity contribution >= 4 is 17.7 Å². The third-order valence-electron chi connectivity index (χ3n) is 2.69. The summed E-state index contributed by atoms with van der Waals surface area (Å²) in [6.45, 7) is 9.10. The lowest BCUT2D eigenvalue weighted by atomic mass is 10.1. The third-order valence-corrected chi connectivity index (χ3v) is 4.28. The van der Waals surface area contributed by atoms with Gasteiger partial charge >= 0.3 is 5.97 Å². The molecule has 0 aliphatic rings. The molecule has 0 saturated heterocycles. The van der Waals surface area contributed by atoms with Crippen molar-refractivity contribution in [2.24, 2.45) is 5.92 Å². The van der Waals surface area contributed by atoms with E-state index in [1.807, 2.05) is 25.6 Å². The Bertz CT molecular complexity index is 211. The number of hydrogen-bond acceptors (Lipinski definition) is 4. The number of esters is 1. The van der Waals surface area contributed by atoms with Crippen molar-refractivity contribution in [2.45, 2.75) is 39.7 Å². The summed E-state index contributed by atoms with van der Waals surface area (Å²) in [4.78, 5) is 11.7. The van der Waals surface area contributed by atoms with Crippen LogP contribution in [0.2, 0.25) is 0 Å². The van der Waals surface area contributed by atoms with E-state index in [0.29, 0.717) is 5.92 Å². The van der Waals surface area contributed by atoms with Crippen LogP contribution in [0.15, 0.2) is 0 Å². The first-order valence-corrected chi connectivity index (χ1v) is 7.06. The molecule has 0 radical (unpaired) electrons. The van der Waals surface area contributed by atoms with Crippen molar-refractivity contribution in [3.8, 4) is 0 Å². The molecule has 0 fully saturated rings. The molecule has 0 aliphatic carbocycles. The fourth-order valence-electron chi connectivity index (χ4n) is 1.38. The van der Waals surface area contributed by atoms with Gasteiger partial charge in [-0.1, -0.05) is 27.2 Å². The van der Waals surface area contributed by atoms with Crippen molar-refractivity contribution in [1.82, 2.24) is 5.32 Å². The van der Waals surface area contributed by atoms with Gasteiger partial charge in [-0.15, -0.1) is 0 Å². The van der Waals surface area contributed by atoms with E-state index in [1.54, 1.807) is 0 Å². The summed E-state index contributed by atoms with van der Waals surface area (Å²) in [5, 5.41) is 3.21. The highest BCUT2D eigenvalue weighted by atomic mass is 32.2. The molecule has 1 N–H and O–H groups in total. The molecular formula is C12H25NO2S. The van der Waals surface area contributed by atoms with E-state index in [1.165, 1.54) is 13.5 Å². The molecule has 0 saturated carbocycles. The molecule has 0 rings (SSSR count). The number of hydrogen-bond donors (Lipinski definition) is 1. The highest BCUT2D eigenvalue weighted by molar-refractivity contribution is 7.99. The van der Waals surface area contributed by atoms with Gasteiger partial charge in [0.2, 0.25) is 0 Å². The van der Waals surface area contributed by atoms with E-state index < -0.39 is 5.54 Å². The highest BCUT2D eigenvalue weighted by Crippen LogP contribution is 2.18. The normalized spacial score (nSPS) is 16.6. The Kier molecular flexibility index (Phi) is 7.85. The number of likely N-dealkylation sites (N-methyl/N-ethyl adjacent to an activating group) is 1. The zero-order valence-electron chi connectivity index (χ0n) is 11.1. The molecule has 96 valence electrons. The zero-order valence-corrected chi connectivity index (χ0v) is 11.9. The number of carbonyl (C=O) groups excluding carboxylic acids is 1. The SMILES string of the molecule is CCNC(C)(CSCC(C)CC)C(=O)OC.